The van der Waals surface area contributed by atoms with Crippen molar-refractivity contribution < 1.29 is 4.74 Å². The number of ether oxygens (including phenoxy) is 1. The average Bonchev–Trinajstić information content (AvgIpc) is 2.05. The molecule has 0 atom stereocenters. The second-order valence-corrected chi connectivity index (χ2v) is 2.06. The van der Waals surface area contributed by atoms with Gasteiger partial charge in [-0.15, -0.1) is 12.4 Å². The topological polar surface area (TPSA) is 35.2 Å². The summed E-state index contributed by atoms with van der Waals surface area (Å²) in [7, 11) is 1.65. The van der Waals surface area contributed by atoms with E-state index in [1.165, 1.54) is 0 Å². The average molecular weight is 174 g/mol. The van der Waals surface area contributed by atoms with Crippen LogP contribution < -0.4 is 10.5 Å². The summed E-state index contributed by atoms with van der Waals surface area (Å²) in [5, 5.41) is 0. The van der Waals surface area contributed by atoms with Crippen molar-refractivity contribution in [3.63, 3.8) is 0 Å². The lowest BCUT2D eigenvalue weighted by Crippen LogP contribution is -1.95. The van der Waals surface area contributed by atoms with Gasteiger partial charge in [0.1, 0.15) is 5.75 Å². The van der Waals surface area contributed by atoms with E-state index < -0.39 is 0 Å². The molecule has 0 unspecified atom stereocenters. The number of benzene rings is 1. The van der Waals surface area contributed by atoms with Gasteiger partial charge in [-0.2, -0.15) is 0 Å². The van der Waals surface area contributed by atoms with Crippen molar-refractivity contribution in [2.45, 2.75) is 6.54 Å². The molecule has 11 heavy (non-hydrogen) atoms. The highest BCUT2D eigenvalue weighted by Crippen LogP contribution is 2.11. The third kappa shape index (κ3) is 2.78. The van der Waals surface area contributed by atoms with Gasteiger partial charge in [0.2, 0.25) is 0 Å². The molecule has 0 fully saturated rings. The summed E-state index contributed by atoms with van der Waals surface area (Å²) in [6, 6.07) is 7.74. The molecule has 1 aromatic rings. The molecule has 0 aromatic heterocycles. The Labute approximate surface area is 72.8 Å². The first-order valence-corrected chi connectivity index (χ1v) is 3.20. The molecule has 0 heterocycles. The lowest BCUT2D eigenvalue weighted by atomic mass is 10.2. The van der Waals surface area contributed by atoms with E-state index in [1.54, 1.807) is 7.11 Å². The van der Waals surface area contributed by atoms with Crippen LogP contribution in [0.1, 0.15) is 5.56 Å². The highest BCUT2D eigenvalue weighted by Gasteiger charge is 1.90. The van der Waals surface area contributed by atoms with Crippen molar-refractivity contribution in [3.05, 3.63) is 29.8 Å². The van der Waals surface area contributed by atoms with Gasteiger partial charge in [-0.3, -0.25) is 0 Å². The van der Waals surface area contributed by atoms with Gasteiger partial charge in [-0.25, -0.2) is 0 Å². The molecule has 0 saturated heterocycles. The van der Waals surface area contributed by atoms with Gasteiger partial charge in [0.25, 0.3) is 0 Å². The maximum atomic E-state index is 5.42. The van der Waals surface area contributed by atoms with E-state index in [2.05, 4.69) is 0 Å². The van der Waals surface area contributed by atoms with Crippen molar-refractivity contribution in [2.24, 2.45) is 5.73 Å². The maximum Gasteiger partial charge on any atom is 0.119 e. The Balaban J connectivity index is 0.000001000. The summed E-state index contributed by atoms with van der Waals surface area (Å²) in [5.74, 6) is 0.864. The number of nitrogens with two attached hydrogens (primary N) is 1. The van der Waals surface area contributed by atoms with E-state index in [4.69, 9.17) is 10.5 Å². The molecule has 0 bridgehead atoms. The zero-order valence-electron chi connectivity index (χ0n) is 6.41. The van der Waals surface area contributed by atoms with E-state index >= 15 is 0 Å². The Bertz CT molecular complexity index is 196. The fourth-order valence-corrected chi connectivity index (χ4v) is 0.799. The van der Waals surface area contributed by atoms with Gasteiger partial charge in [-0.05, 0) is 17.7 Å². The minimum atomic E-state index is 0. The lowest BCUT2D eigenvalue weighted by molar-refractivity contribution is 0.414. The number of halogens is 1. The first-order valence-electron chi connectivity index (χ1n) is 3.20. The van der Waals surface area contributed by atoms with Crippen LogP contribution in [0.15, 0.2) is 24.3 Å². The summed E-state index contributed by atoms with van der Waals surface area (Å²) in [4.78, 5) is 0. The second-order valence-electron chi connectivity index (χ2n) is 2.06. The first-order chi connectivity index (χ1) is 4.86. The quantitative estimate of drug-likeness (QED) is 0.737. The Kier molecular flexibility index (Phi) is 4.66. The first kappa shape index (κ1) is 10.3. The molecule has 0 amide bonds. The Morgan fingerprint density at radius 3 is 2.73 bits per heavy atom. The fourth-order valence-electron chi connectivity index (χ4n) is 0.799. The number of hydrogen-bond acceptors (Lipinski definition) is 2. The van der Waals surface area contributed by atoms with Crippen molar-refractivity contribution in [3.8, 4) is 5.75 Å². The zero-order valence-corrected chi connectivity index (χ0v) is 7.23. The van der Waals surface area contributed by atoms with Crippen LogP contribution in [0, 0.1) is 0 Å². The Morgan fingerprint density at radius 1 is 1.45 bits per heavy atom. The maximum absolute atomic E-state index is 5.42. The molecular weight excluding hydrogens is 162 g/mol. The fraction of sp³-hybridized carbons (Fsp3) is 0.250. The van der Waals surface area contributed by atoms with E-state index in [9.17, 15) is 0 Å². The summed E-state index contributed by atoms with van der Waals surface area (Å²) >= 11 is 0. The molecular formula is C8H12ClNO. The van der Waals surface area contributed by atoms with Crippen molar-refractivity contribution in [1.29, 1.82) is 0 Å². The van der Waals surface area contributed by atoms with Gasteiger partial charge < -0.3 is 10.5 Å². The molecule has 1 aromatic carbocycles. The molecule has 62 valence electrons. The van der Waals surface area contributed by atoms with Crippen molar-refractivity contribution in [1.82, 2.24) is 0 Å². The van der Waals surface area contributed by atoms with E-state index in [0.717, 1.165) is 11.3 Å². The predicted molar refractivity (Wildman–Crippen MR) is 48.1 cm³/mol. The van der Waals surface area contributed by atoms with Crippen LogP contribution in [0.25, 0.3) is 0 Å². The van der Waals surface area contributed by atoms with Crippen molar-refractivity contribution in [2.75, 3.05) is 7.11 Å². The van der Waals surface area contributed by atoms with Crippen LogP contribution in [-0.4, -0.2) is 7.11 Å². The van der Waals surface area contributed by atoms with Gasteiger partial charge >= 0.3 is 0 Å². The standard InChI is InChI=1S/C8H11NO.ClH/c1-10-8-4-2-3-7(5-8)6-9;/h2-5H,6,9H2,1H3;1H. The van der Waals surface area contributed by atoms with Crippen LogP contribution in [0.5, 0.6) is 5.75 Å². The van der Waals surface area contributed by atoms with Crippen molar-refractivity contribution >= 4 is 12.4 Å². The zero-order chi connectivity index (χ0) is 7.40. The second kappa shape index (κ2) is 4.99. The summed E-state index contributed by atoms with van der Waals surface area (Å²) < 4.78 is 5.00. The van der Waals surface area contributed by atoms with E-state index in [-0.39, 0.29) is 12.4 Å². The van der Waals surface area contributed by atoms with Gasteiger partial charge in [0, 0.05) is 6.54 Å². The van der Waals surface area contributed by atoms with Crippen LogP contribution in [0.2, 0.25) is 0 Å². The summed E-state index contributed by atoms with van der Waals surface area (Å²) in [6.45, 7) is 0.567. The molecule has 2 nitrogen and oxygen atoms in total. The monoisotopic (exact) mass is 173 g/mol. The van der Waals surface area contributed by atoms with Crippen LogP contribution >= 0.6 is 12.4 Å². The molecule has 0 aliphatic carbocycles. The highest BCUT2D eigenvalue weighted by atomic mass is 35.5. The third-order valence-electron chi connectivity index (χ3n) is 1.37. The molecule has 0 radical (unpaired) electrons. The summed E-state index contributed by atoms with van der Waals surface area (Å²) in [5.41, 5.74) is 6.51. The molecule has 0 aliphatic rings. The van der Waals surface area contributed by atoms with Crippen LogP contribution in [-0.2, 0) is 6.54 Å². The minimum absolute atomic E-state index is 0. The predicted octanol–water partition coefficient (Wildman–Crippen LogP) is 1.58. The minimum Gasteiger partial charge on any atom is -0.497 e. The number of hydrogen-bond donors (Lipinski definition) is 1. The molecule has 2 N–H and O–H groups in total. The third-order valence-corrected chi connectivity index (χ3v) is 1.37. The SMILES string of the molecule is COc1cccc(CN)c1.Cl. The van der Waals surface area contributed by atoms with Gasteiger partial charge in [0.05, 0.1) is 7.11 Å². The van der Waals surface area contributed by atoms with Gasteiger partial charge in [0.15, 0.2) is 0 Å². The normalized spacial score (nSPS) is 8.55. The molecule has 0 saturated carbocycles. The van der Waals surface area contributed by atoms with Crippen LogP contribution in [0.4, 0.5) is 0 Å². The van der Waals surface area contributed by atoms with Crippen LogP contribution in [0.3, 0.4) is 0 Å². The highest BCUT2D eigenvalue weighted by molar-refractivity contribution is 5.85. The number of rotatable bonds is 2. The Morgan fingerprint density at radius 2 is 2.18 bits per heavy atom. The Hall–Kier alpha value is -0.730. The molecule has 0 aliphatic heterocycles. The van der Waals surface area contributed by atoms with Gasteiger partial charge in [-0.1, -0.05) is 12.1 Å². The molecule has 1 rings (SSSR count). The van der Waals surface area contributed by atoms with E-state index in [0.29, 0.717) is 6.54 Å². The lowest BCUT2D eigenvalue weighted by Gasteiger charge is -2.00. The summed E-state index contributed by atoms with van der Waals surface area (Å²) in [6.07, 6.45) is 0. The van der Waals surface area contributed by atoms with E-state index in [1.807, 2.05) is 24.3 Å². The molecule has 3 heteroatoms. The number of methoxy groups -OCH3 is 1. The smallest absolute Gasteiger partial charge is 0.119 e. The molecule has 0 spiro atoms. The largest absolute Gasteiger partial charge is 0.497 e.